The first kappa shape index (κ1) is 20.1. The van der Waals surface area contributed by atoms with Crippen LogP contribution in [-0.2, 0) is 16.1 Å². The minimum Gasteiger partial charge on any atom is -0.454 e. The van der Waals surface area contributed by atoms with E-state index >= 15 is 0 Å². The first-order valence-electron chi connectivity index (χ1n) is 9.95. The molecule has 9 heteroatoms. The highest BCUT2D eigenvalue weighted by Gasteiger charge is 2.19. The molecule has 0 saturated heterocycles. The first-order chi connectivity index (χ1) is 15.6. The molecule has 2 aromatic carbocycles. The number of nitrogens with one attached hydrogen (secondary N) is 1. The van der Waals surface area contributed by atoms with Crippen LogP contribution in [-0.4, -0.2) is 35.1 Å². The Morgan fingerprint density at radius 2 is 1.94 bits per heavy atom. The fraction of sp³-hybridized carbons (Fsp3) is 0.174. The van der Waals surface area contributed by atoms with Gasteiger partial charge < -0.3 is 19.5 Å². The van der Waals surface area contributed by atoms with Crippen molar-refractivity contribution in [3.8, 4) is 17.2 Å². The average molecular weight is 449 g/mol. The number of fused-ring (bicyclic) bond motifs is 2. The lowest BCUT2D eigenvalue weighted by Crippen LogP contribution is -2.28. The summed E-state index contributed by atoms with van der Waals surface area (Å²) < 4.78 is 17.6. The molecule has 0 fully saturated rings. The van der Waals surface area contributed by atoms with Crippen LogP contribution in [0.1, 0.15) is 20.9 Å². The van der Waals surface area contributed by atoms with Gasteiger partial charge in [-0.3, -0.25) is 4.79 Å². The molecular weight excluding hydrogens is 430 g/mol. The van der Waals surface area contributed by atoms with Crippen LogP contribution in [0, 0.1) is 6.92 Å². The predicted molar refractivity (Wildman–Crippen MR) is 118 cm³/mol. The van der Waals surface area contributed by atoms with Crippen molar-refractivity contribution in [2.45, 2.75) is 13.5 Å². The van der Waals surface area contributed by atoms with Gasteiger partial charge in [0.1, 0.15) is 9.71 Å². The van der Waals surface area contributed by atoms with Gasteiger partial charge in [-0.25, -0.2) is 9.48 Å². The van der Waals surface area contributed by atoms with E-state index in [0.717, 1.165) is 27.2 Å². The Kier molecular flexibility index (Phi) is 5.24. The molecule has 1 aliphatic rings. The zero-order valence-corrected chi connectivity index (χ0v) is 18.0. The molecule has 8 nitrogen and oxygen atoms in total. The van der Waals surface area contributed by atoms with Crippen molar-refractivity contribution in [1.82, 2.24) is 15.1 Å². The molecule has 0 aliphatic carbocycles. The molecule has 1 N–H and O–H groups in total. The maximum atomic E-state index is 12.5. The number of carbonyl (C=O) groups is 2. The van der Waals surface area contributed by atoms with E-state index in [1.165, 1.54) is 11.3 Å². The van der Waals surface area contributed by atoms with Gasteiger partial charge >= 0.3 is 5.97 Å². The summed E-state index contributed by atoms with van der Waals surface area (Å²) in [4.78, 5) is 26.0. The van der Waals surface area contributed by atoms with E-state index in [4.69, 9.17) is 14.2 Å². The van der Waals surface area contributed by atoms with E-state index in [1.807, 2.05) is 54.1 Å². The van der Waals surface area contributed by atoms with Crippen molar-refractivity contribution in [2.75, 3.05) is 13.4 Å². The van der Waals surface area contributed by atoms with Gasteiger partial charge in [0, 0.05) is 11.9 Å². The monoisotopic (exact) mass is 449 g/mol. The maximum Gasteiger partial charge on any atom is 0.348 e. The van der Waals surface area contributed by atoms with Crippen molar-refractivity contribution in [3.05, 3.63) is 70.7 Å². The number of aryl methyl sites for hydroxylation is 1. The predicted octanol–water partition coefficient (Wildman–Crippen LogP) is 3.60. The maximum absolute atomic E-state index is 12.5. The summed E-state index contributed by atoms with van der Waals surface area (Å²) in [6.07, 6.45) is 0. The number of hydrogen-bond acceptors (Lipinski definition) is 7. The summed E-state index contributed by atoms with van der Waals surface area (Å²) in [6, 6.07) is 16.9. The van der Waals surface area contributed by atoms with Crippen molar-refractivity contribution >= 4 is 33.4 Å². The minimum atomic E-state index is -0.538. The van der Waals surface area contributed by atoms with Gasteiger partial charge in [0.2, 0.25) is 6.79 Å². The highest BCUT2D eigenvalue weighted by atomic mass is 32.1. The molecule has 0 saturated carbocycles. The third-order valence-electron chi connectivity index (χ3n) is 5.01. The fourth-order valence-corrected chi connectivity index (χ4v) is 4.47. The number of benzene rings is 2. The molecule has 0 radical (unpaired) electrons. The van der Waals surface area contributed by atoms with Gasteiger partial charge in [-0.15, -0.1) is 11.3 Å². The lowest BCUT2D eigenvalue weighted by molar-refractivity contribution is -0.124. The van der Waals surface area contributed by atoms with Crippen LogP contribution in [0.15, 0.2) is 54.6 Å². The molecule has 5 rings (SSSR count). The highest BCUT2D eigenvalue weighted by molar-refractivity contribution is 7.20. The van der Waals surface area contributed by atoms with Crippen LogP contribution in [0.25, 0.3) is 15.9 Å². The number of hydrogen-bond donors (Lipinski definition) is 1. The topological polar surface area (TPSA) is 91.7 Å². The number of para-hydroxylation sites is 1. The molecular formula is C23H19N3O5S. The van der Waals surface area contributed by atoms with Crippen LogP contribution >= 0.6 is 11.3 Å². The van der Waals surface area contributed by atoms with E-state index in [0.29, 0.717) is 22.9 Å². The van der Waals surface area contributed by atoms with Crippen LogP contribution in [0.4, 0.5) is 0 Å². The van der Waals surface area contributed by atoms with Gasteiger partial charge in [0.25, 0.3) is 5.91 Å². The number of nitrogens with zero attached hydrogens (tertiary/aromatic N) is 2. The molecule has 1 aliphatic heterocycles. The molecule has 3 heterocycles. The van der Waals surface area contributed by atoms with Crippen LogP contribution in [0.3, 0.4) is 0 Å². The second-order valence-electron chi connectivity index (χ2n) is 7.20. The van der Waals surface area contributed by atoms with E-state index in [2.05, 4.69) is 10.4 Å². The van der Waals surface area contributed by atoms with Crippen LogP contribution in [0.5, 0.6) is 11.5 Å². The van der Waals surface area contributed by atoms with Crippen molar-refractivity contribution in [3.63, 3.8) is 0 Å². The van der Waals surface area contributed by atoms with E-state index < -0.39 is 5.97 Å². The Bertz CT molecular complexity index is 1310. The molecule has 0 atom stereocenters. The number of rotatable bonds is 6. The average Bonchev–Trinajstić information content (AvgIpc) is 3.53. The van der Waals surface area contributed by atoms with Gasteiger partial charge in [-0.05, 0) is 42.8 Å². The summed E-state index contributed by atoms with van der Waals surface area (Å²) in [7, 11) is 0. The summed E-state index contributed by atoms with van der Waals surface area (Å²) in [6.45, 7) is 2.03. The third kappa shape index (κ3) is 3.90. The number of ether oxygens (including phenoxy) is 3. The smallest absolute Gasteiger partial charge is 0.348 e. The summed E-state index contributed by atoms with van der Waals surface area (Å²) in [5, 5.41) is 8.19. The highest BCUT2D eigenvalue weighted by Crippen LogP contribution is 2.32. The second-order valence-corrected chi connectivity index (χ2v) is 8.23. The Balaban J connectivity index is 1.21. The number of esters is 1. The zero-order chi connectivity index (χ0) is 22.1. The van der Waals surface area contributed by atoms with Gasteiger partial charge in [-0.1, -0.05) is 24.3 Å². The summed E-state index contributed by atoms with van der Waals surface area (Å²) in [5.41, 5.74) is 2.59. The van der Waals surface area contributed by atoms with Gasteiger partial charge in [-0.2, -0.15) is 5.10 Å². The fourth-order valence-electron chi connectivity index (χ4n) is 3.40. The number of thiophene rings is 1. The van der Waals surface area contributed by atoms with Gasteiger partial charge in [0.15, 0.2) is 18.1 Å². The molecule has 0 spiro atoms. The number of carbonyl (C=O) groups excluding carboxylic acids is 2. The molecule has 0 unspecified atom stereocenters. The lowest BCUT2D eigenvalue weighted by atomic mass is 10.2. The van der Waals surface area contributed by atoms with Crippen LogP contribution < -0.4 is 14.8 Å². The first-order valence-corrected chi connectivity index (χ1v) is 10.8. The zero-order valence-electron chi connectivity index (χ0n) is 17.2. The Morgan fingerprint density at radius 1 is 1.12 bits per heavy atom. The van der Waals surface area contributed by atoms with E-state index in [1.54, 1.807) is 12.1 Å². The summed E-state index contributed by atoms with van der Waals surface area (Å²) in [5.74, 6) is 0.410. The molecule has 2 aromatic heterocycles. The quantitative estimate of drug-likeness (QED) is 0.452. The lowest BCUT2D eigenvalue weighted by Gasteiger charge is -2.07. The normalized spacial score (nSPS) is 12.2. The van der Waals surface area contributed by atoms with Crippen LogP contribution in [0.2, 0.25) is 0 Å². The van der Waals surface area contributed by atoms with Crippen molar-refractivity contribution < 1.29 is 23.8 Å². The Morgan fingerprint density at radius 3 is 2.78 bits per heavy atom. The molecule has 32 heavy (non-hydrogen) atoms. The number of aromatic nitrogens is 2. The molecule has 4 aromatic rings. The minimum absolute atomic E-state index is 0.196. The van der Waals surface area contributed by atoms with Crippen molar-refractivity contribution in [2.24, 2.45) is 0 Å². The third-order valence-corrected chi connectivity index (χ3v) is 6.10. The largest absolute Gasteiger partial charge is 0.454 e. The van der Waals surface area contributed by atoms with E-state index in [9.17, 15) is 9.59 Å². The summed E-state index contributed by atoms with van der Waals surface area (Å²) >= 11 is 1.29. The standard InChI is InChI=1S/C23H19N3O5S/c1-14-17-10-20(32-22(17)26(25-14)16-5-3-2-4-6-16)23(28)29-12-21(27)24-11-15-7-8-18-19(9-15)31-13-30-18/h2-10H,11-13H2,1H3,(H,24,27). The molecule has 1 amide bonds. The molecule has 0 bridgehead atoms. The Hall–Kier alpha value is -3.85. The SMILES string of the molecule is Cc1nn(-c2ccccc2)c2sc(C(=O)OCC(=O)NCc3ccc4c(c3)OCO4)cc12. The van der Waals surface area contributed by atoms with E-state index in [-0.39, 0.29) is 19.3 Å². The Labute approximate surface area is 187 Å². The molecule has 162 valence electrons. The number of amides is 1. The van der Waals surface area contributed by atoms with Gasteiger partial charge in [0.05, 0.1) is 11.4 Å². The van der Waals surface area contributed by atoms with Crippen molar-refractivity contribution in [1.29, 1.82) is 0 Å². The second kappa shape index (κ2) is 8.35.